The molecule has 4 aromatic rings. The number of carbonyl (C=O) groups is 2. The van der Waals surface area contributed by atoms with Gasteiger partial charge in [0.1, 0.15) is 16.9 Å². The van der Waals surface area contributed by atoms with Crippen LogP contribution in [0.25, 0.3) is 22.8 Å². The minimum absolute atomic E-state index is 0.0188. The van der Waals surface area contributed by atoms with Crippen molar-refractivity contribution in [2.24, 2.45) is 4.99 Å². The highest BCUT2D eigenvalue weighted by molar-refractivity contribution is 5.96. The Labute approximate surface area is 218 Å². The second-order valence-corrected chi connectivity index (χ2v) is 9.08. The summed E-state index contributed by atoms with van der Waals surface area (Å²) in [7, 11) is 0. The number of amides is 1. The molecule has 1 atom stereocenters. The molecule has 1 aliphatic rings. The van der Waals surface area contributed by atoms with Crippen molar-refractivity contribution in [3.05, 3.63) is 93.3 Å². The number of pyridine rings is 2. The lowest BCUT2D eigenvalue weighted by Gasteiger charge is -2.18. The van der Waals surface area contributed by atoms with Crippen molar-refractivity contribution < 1.29 is 19.1 Å². The first-order valence-corrected chi connectivity index (χ1v) is 12.6. The molecule has 0 radical (unpaired) electrons. The molecule has 3 aromatic heterocycles. The van der Waals surface area contributed by atoms with Crippen molar-refractivity contribution in [3.8, 4) is 0 Å². The minimum Gasteiger partial charge on any atom is -0.462 e. The molecule has 9 heteroatoms. The van der Waals surface area contributed by atoms with Gasteiger partial charge in [-0.15, -0.1) is 0 Å². The molecular weight excluding hydrogens is 484 g/mol. The summed E-state index contributed by atoms with van der Waals surface area (Å²) in [5.74, 6) is -1.24. The maximum atomic E-state index is 13.6. The van der Waals surface area contributed by atoms with Crippen molar-refractivity contribution in [2.75, 3.05) is 13.2 Å². The first-order valence-electron chi connectivity index (χ1n) is 12.6. The Morgan fingerprint density at radius 1 is 1.18 bits per heavy atom. The molecule has 0 spiro atoms. The second-order valence-electron chi connectivity index (χ2n) is 9.08. The van der Waals surface area contributed by atoms with E-state index < -0.39 is 11.9 Å². The van der Waals surface area contributed by atoms with E-state index in [1.54, 1.807) is 29.8 Å². The van der Waals surface area contributed by atoms with E-state index in [2.05, 4.69) is 4.99 Å². The Balaban J connectivity index is 1.80. The van der Waals surface area contributed by atoms with Crippen molar-refractivity contribution in [1.29, 1.82) is 0 Å². The first kappa shape index (κ1) is 25.3. The van der Waals surface area contributed by atoms with E-state index in [1.807, 2.05) is 43.3 Å². The molecule has 1 fully saturated rings. The van der Waals surface area contributed by atoms with Crippen molar-refractivity contribution in [3.63, 3.8) is 0 Å². The predicted octanol–water partition coefficient (Wildman–Crippen LogP) is 3.45. The molecule has 38 heavy (non-hydrogen) atoms. The smallest absolute Gasteiger partial charge is 0.341 e. The van der Waals surface area contributed by atoms with Gasteiger partial charge >= 0.3 is 5.97 Å². The zero-order valence-corrected chi connectivity index (χ0v) is 21.3. The Kier molecular flexibility index (Phi) is 7.28. The van der Waals surface area contributed by atoms with Gasteiger partial charge in [-0.3, -0.25) is 14.0 Å². The van der Waals surface area contributed by atoms with Gasteiger partial charge in [0, 0.05) is 18.9 Å². The molecule has 1 aromatic carbocycles. The standard InChI is InChI=1S/C29H28N4O5/c1-3-37-29(36)23-17-22-26(31-25-19(2)9-7-15-32(25)28(22)35)33(18-21-12-8-16-38-21)27(23)30-24(34)14-13-20-10-5-4-6-11-20/h4-7,9-11,13-15,17,21H,3,8,12,16,18H2,1-2H3/b14-13+,30-27?. The zero-order chi connectivity index (χ0) is 26.6. The fourth-order valence-corrected chi connectivity index (χ4v) is 4.60. The van der Waals surface area contributed by atoms with Gasteiger partial charge < -0.3 is 14.0 Å². The van der Waals surface area contributed by atoms with Crippen LogP contribution in [0.4, 0.5) is 0 Å². The van der Waals surface area contributed by atoms with Gasteiger partial charge in [-0.1, -0.05) is 36.4 Å². The van der Waals surface area contributed by atoms with Crippen LogP contribution in [0, 0.1) is 6.92 Å². The van der Waals surface area contributed by atoms with E-state index in [-0.39, 0.29) is 41.3 Å². The van der Waals surface area contributed by atoms with E-state index in [1.165, 1.54) is 16.5 Å². The Morgan fingerprint density at radius 3 is 2.74 bits per heavy atom. The van der Waals surface area contributed by atoms with E-state index in [0.717, 1.165) is 24.0 Å². The number of nitrogens with zero attached hydrogens (tertiary/aromatic N) is 4. The van der Waals surface area contributed by atoms with Gasteiger partial charge in [0.15, 0.2) is 5.49 Å². The molecule has 4 heterocycles. The van der Waals surface area contributed by atoms with Crippen LogP contribution in [0.5, 0.6) is 0 Å². The number of esters is 1. The maximum Gasteiger partial charge on any atom is 0.341 e. The number of aryl methyl sites for hydroxylation is 1. The fourth-order valence-electron chi connectivity index (χ4n) is 4.60. The summed E-state index contributed by atoms with van der Waals surface area (Å²) in [6.45, 7) is 4.57. The van der Waals surface area contributed by atoms with E-state index in [0.29, 0.717) is 17.9 Å². The highest BCUT2D eigenvalue weighted by Gasteiger charge is 2.23. The van der Waals surface area contributed by atoms with Crippen molar-refractivity contribution in [1.82, 2.24) is 14.0 Å². The summed E-state index contributed by atoms with van der Waals surface area (Å²) < 4.78 is 14.3. The van der Waals surface area contributed by atoms with Gasteiger partial charge in [0.25, 0.3) is 11.5 Å². The Morgan fingerprint density at radius 2 is 2.00 bits per heavy atom. The average Bonchev–Trinajstić information content (AvgIpc) is 3.43. The number of hydrogen-bond donors (Lipinski definition) is 0. The van der Waals surface area contributed by atoms with Crippen LogP contribution < -0.4 is 11.0 Å². The fraction of sp³-hybridized carbons (Fsp3) is 0.276. The lowest BCUT2D eigenvalue weighted by atomic mass is 10.1. The van der Waals surface area contributed by atoms with Crippen LogP contribution in [-0.2, 0) is 20.8 Å². The maximum absolute atomic E-state index is 13.6. The molecule has 1 aliphatic heterocycles. The third-order valence-corrected chi connectivity index (χ3v) is 6.44. The summed E-state index contributed by atoms with van der Waals surface area (Å²) in [5, 5.41) is 0.223. The lowest BCUT2D eigenvalue weighted by molar-refractivity contribution is -0.113. The zero-order valence-electron chi connectivity index (χ0n) is 21.3. The van der Waals surface area contributed by atoms with Gasteiger partial charge in [-0.2, -0.15) is 4.99 Å². The molecule has 1 saturated heterocycles. The summed E-state index contributed by atoms with van der Waals surface area (Å²) in [6.07, 6.45) is 6.15. The van der Waals surface area contributed by atoms with Crippen LogP contribution in [0.1, 0.15) is 41.3 Å². The predicted molar refractivity (Wildman–Crippen MR) is 143 cm³/mol. The molecule has 1 unspecified atom stereocenters. The van der Waals surface area contributed by atoms with Crippen molar-refractivity contribution >= 4 is 34.6 Å². The van der Waals surface area contributed by atoms with Crippen LogP contribution in [0.3, 0.4) is 0 Å². The largest absolute Gasteiger partial charge is 0.462 e. The molecular formula is C29H28N4O5. The molecule has 5 rings (SSSR count). The first-order chi connectivity index (χ1) is 18.5. The van der Waals surface area contributed by atoms with Crippen LogP contribution in [-0.4, -0.2) is 45.1 Å². The molecule has 0 aliphatic carbocycles. The quantitative estimate of drug-likeness (QED) is 0.223. The molecule has 0 saturated carbocycles. The van der Waals surface area contributed by atoms with Gasteiger partial charge in [-0.25, -0.2) is 9.78 Å². The number of fused-ring (bicyclic) bond motifs is 2. The SMILES string of the molecule is CCOC(=O)c1cc2c(=O)n3cccc(C)c3nc2n(CC2CCCO2)c1=NC(=O)/C=C/c1ccccc1. The summed E-state index contributed by atoms with van der Waals surface area (Å²) in [5.41, 5.74) is 2.23. The van der Waals surface area contributed by atoms with E-state index in [4.69, 9.17) is 14.5 Å². The second kappa shape index (κ2) is 10.9. The minimum atomic E-state index is -0.678. The average molecular weight is 513 g/mol. The summed E-state index contributed by atoms with van der Waals surface area (Å²) in [6, 6.07) is 14.4. The van der Waals surface area contributed by atoms with Gasteiger partial charge in [0.05, 0.1) is 24.6 Å². The van der Waals surface area contributed by atoms with E-state index in [9.17, 15) is 14.4 Å². The molecule has 0 N–H and O–H groups in total. The monoisotopic (exact) mass is 512 g/mol. The van der Waals surface area contributed by atoms with Gasteiger partial charge in [0.2, 0.25) is 0 Å². The number of rotatable bonds is 6. The van der Waals surface area contributed by atoms with Crippen LogP contribution in [0.15, 0.2) is 70.6 Å². The lowest BCUT2D eigenvalue weighted by Crippen LogP contribution is -2.35. The molecule has 0 bridgehead atoms. The Hall–Kier alpha value is -4.37. The molecule has 9 nitrogen and oxygen atoms in total. The Bertz CT molecular complexity index is 1680. The summed E-state index contributed by atoms with van der Waals surface area (Å²) >= 11 is 0. The third kappa shape index (κ3) is 5.05. The van der Waals surface area contributed by atoms with Crippen molar-refractivity contribution in [2.45, 2.75) is 39.3 Å². The summed E-state index contributed by atoms with van der Waals surface area (Å²) in [4.78, 5) is 48.9. The number of carbonyl (C=O) groups excluding carboxylic acids is 2. The van der Waals surface area contributed by atoms with Crippen LogP contribution >= 0.6 is 0 Å². The van der Waals surface area contributed by atoms with Crippen LogP contribution in [0.2, 0.25) is 0 Å². The molecule has 194 valence electrons. The third-order valence-electron chi connectivity index (χ3n) is 6.44. The number of hydrogen-bond acceptors (Lipinski definition) is 6. The molecule has 1 amide bonds. The van der Waals surface area contributed by atoms with E-state index >= 15 is 0 Å². The normalized spacial score (nSPS) is 16.1. The highest BCUT2D eigenvalue weighted by atomic mass is 16.5. The highest BCUT2D eigenvalue weighted by Crippen LogP contribution is 2.18. The topological polar surface area (TPSA) is 104 Å². The number of benzene rings is 1. The number of ether oxygens (including phenoxy) is 2. The van der Waals surface area contributed by atoms with Gasteiger partial charge in [-0.05, 0) is 56.0 Å². The number of aromatic nitrogens is 3.